The number of carbonyl (C=O) groups is 3. The van der Waals surface area contributed by atoms with E-state index in [2.05, 4.69) is 10.6 Å². The van der Waals surface area contributed by atoms with Crippen molar-refractivity contribution in [3.05, 3.63) is 23.2 Å². The van der Waals surface area contributed by atoms with E-state index in [4.69, 9.17) is 21.5 Å². The molecule has 0 unspecified atom stereocenters. The van der Waals surface area contributed by atoms with Gasteiger partial charge in [0, 0.05) is 11.6 Å². The van der Waals surface area contributed by atoms with Crippen LogP contribution < -0.4 is 20.9 Å². The second-order valence-corrected chi connectivity index (χ2v) is 8.84. The molecule has 4 N–H and O–H groups in total. The van der Waals surface area contributed by atoms with Crippen LogP contribution in [0.4, 0.5) is 10.5 Å². The van der Waals surface area contributed by atoms with E-state index < -0.39 is 18.0 Å². The number of halogens is 1. The average Bonchev–Trinajstić information content (AvgIpc) is 3.28. The molecular formula is C22H33ClN4O5. The van der Waals surface area contributed by atoms with Gasteiger partial charge in [0.05, 0.1) is 12.8 Å². The highest BCUT2D eigenvalue weighted by Crippen LogP contribution is 2.28. The zero-order chi connectivity index (χ0) is 23.7. The summed E-state index contributed by atoms with van der Waals surface area (Å²) in [6.07, 6.45) is 5.37. The summed E-state index contributed by atoms with van der Waals surface area (Å²) in [5, 5.41) is 14.7. The van der Waals surface area contributed by atoms with Crippen LogP contribution in [-0.4, -0.2) is 54.2 Å². The van der Waals surface area contributed by atoms with Crippen LogP contribution in [0.1, 0.15) is 46.0 Å². The molecule has 4 amide bonds. The normalized spacial score (nSPS) is 14.7. The second-order valence-electron chi connectivity index (χ2n) is 8.40. The van der Waals surface area contributed by atoms with Crippen LogP contribution in [0.25, 0.3) is 0 Å². The molecule has 2 rings (SSSR count). The number of rotatable bonds is 10. The van der Waals surface area contributed by atoms with Crippen molar-refractivity contribution in [2.75, 3.05) is 25.5 Å². The van der Waals surface area contributed by atoms with E-state index in [1.54, 1.807) is 23.7 Å². The topological polar surface area (TPSA) is 120 Å². The van der Waals surface area contributed by atoms with Crippen LogP contribution in [0.3, 0.4) is 0 Å². The maximum atomic E-state index is 13.3. The van der Waals surface area contributed by atoms with Gasteiger partial charge in [-0.05, 0) is 36.5 Å². The van der Waals surface area contributed by atoms with Gasteiger partial charge in [0.25, 0.3) is 5.91 Å². The quantitative estimate of drug-likeness (QED) is 0.310. The Morgan fingerprint density at radius 2 is 1.94 bits per heavy atom. The number of nitrogens with zero attached hydrogens (tertiary/aromatic N) is 1. The third-order valence-electron chi connectivity index (χ3n) is 5.68. The Kier molecular flexibility index (Phi) is 10.1. The maximum Gasteiger partial charge on any atom is 0.320 e. The average molecular weight is 469 g/mol. The van der Waals surface area contributed by atoms with Gasteiger partial charge >= 0.3 is 6.03 Å². The van der Waals surface area contributed by atoms with Crippen molar-refractivity contribution in [2.24, 2.45) is 11.8 Å². The van der Waals surface area contributed by atoms with Gasteiger partial charge in [-0.2, -0.15) is 0 Å². The fourth-order valence-corrected chi connectivity index (χ4v) is 4.07. The highest BCUT2D eigenvalue weighted by molar-refractivity contribution is 6.31. The zero-order valence-electron chi connectivity index (χ0n) is 18.8. The number of hydroxylamine groups is 1. The summed E-state index contributed by atoms with van der Waals surface area (Å²) in [7, 11) is 1.47. The molecule has 0 radical (unpaired) electrons. The van der Waals surface area contributed by atoms with Gasteiger partial charge in [0.15, 0.2) is 0 Å². The number of urea groups is 1. The van der Waals surface area contributed by atoms with Crippen molar-refractivity contribution in [2.45, 2.75) is 52.0 Å². The summed E-state index contributed by atoms with van der Waals surface area (Å²) in [6, 6.07) is 3.35. The molecule has 1 aromatic rings. The summed E-state index contributed by atoms with van der Waals surface area (Å²) >= 11 is 6.01. The Balaban J connectivity index is 2.10. The summed E-state index contributed by atoms with van der Waals surface area (Å²) in [5.41, 5.74) is 1.94. The van der Waals surface area contributed by atoms with Crippen LogP contribution in [0.2, 0.25) is 5.02 Å². The van der Waals surface area contributed by atoms with E-state index in [1.807, 2.05) is 13.8 Å². The van der Waals surface area contributed by atoms with E-state index in [0.717, 1.165) is 19.3 Å². The molecule has 9 nitrogen and oxygen atoms in total. The van der Waals surface area contributed by atoms with Gasteiger partial charge < -0.3 is 20.3 Å². The smallest absolute Gasteiger partial charge is 0.320 e. The van der Waals surface area contributed by atoms with Gasteiger partial charge in [-0.25, -0.2) is 10.3 Å². The van der Waals surface area contributed by atoms with Crippen LogP contribution in [0.5, 0.6) is 5.75 Å². The lowest BCUT2D eigenvalue weighted by Gasteiger charge is -2.30. The number of methoxy groups -OCH3 is 1. The lowest BCUT2D eigenvalue weighted by Crippen LogP contribution is -2.54. The molecule has 0 aromatic heterocycles. The Hall–Kier alpha value is -2.52. The molecule has 0 saturated heterocycles. The molecule has 1 atom stereocenters. The van der Waals surface area contributed by atoms with Crippen molar-refractivity contribution in [1.82, 2.24) is 15.7 Å². The van der Waals surface area contributed by atoms with Crippen molar-refractivity contribution in [3.8, 4) is 5.75 Å². The lowest BCUT2D eigenvalue weighted by molar-refractivity contribution is -0.141. The van der Waals surface area contributed by atoms with Gasteiger partial charge in [-0.15, -0.1) is 0 Å². The van der Waals surface area contributed by atoms with Crippen molar-refractivity contribution < 1.29 is 24.3 Å². The number of amides is 4. The van der Waals surface area contributed by atoms with Crippen LogP contribution in [-0.2, 0) is 9.59 Å². The van der Waals surface area contributed by atoms with Crippen molar-refractivity contribution in [3.63, 3.8) is 0 Å². The lowest BCUT2D eigenvalue weighted by atomic mass is 10.0. The third kappa shape index (κ3) is 7.56. The Morgan fingerprint density at radius 3 is 2.53 bits per heavy atom. The molecular weight excluding hydrogens is 436 g/mol. The monoisotopic (exact) mass is 468 g/mol. The zero-order valence-corrected chi connectivity index (χ0v) is 19.6. The SMILES string of the molecule is COc1ccc(Cl)cc1NC(=O)N[C@H](C(=O)N(CCC1CCCC1)CC(=O)NO)C(C)C. The minimum Gasteiger partial charge on any atom is -0.495 e. The molecule has 1 saturated carbocycles. The molecule has 1 aliphatic carbocycles. The van der Waals surface area contributed by atoms with Gasteiger partial charge in [-0.3, -0.25) is 14.8 Å². The molecule has 10 heteroatoms. The summed E-state index contributed by atoms with van der Waals surface area (Å²) in [5.74, 6) is -0.350. The standard InChI is InChI=1S/C22H33ClN4O5/c1-14(2)20(25-22(30)24-17-12-16(23)8-9-18(17)32-3)21(29)27(13-19(28)26-31)11-10-15-6-4-5-7-15/h8-9,12,14-15,20,31H,4-7,10-11,13H2,1-3H3,(H,26,28)(H2,24,25,30)/t20-/m0/s1. The van der Waals surface area contributed by atoms with E-state index >= 15 is 0 Å². The largest absolute Gasteiger partial charge is 0.495 e. The first kappa shape index (κ1) is 25.7. The van der Waals surface area contributed by atoms with E-state index in [0.29, 0.717) is 28.9 Å². The third-order valence-corrected chi connectivity index (χ3v) is 5.92. The number of anilines is 1. The number of ether oxygens (including phenoxy) is 1. The van der Waals surface area contributed by atoms with Gasteiger partial charge in [-0.1, -0.05) is 51.1 Å². The predicted molar refractivity (Wildman–Crippen MR) is 122 cm³/mol. The Morgan fingerprint density at radius 1 is 1.25 bits per heavy atom. The molecule has 1 aliphatic rings. The summed E-state index contributed by atoms with van der Waals surface area (Å²) in [6.45, 7) is 3.72. The molecule has 0 spiro atoms. The summed E-state index contributed by atoms with van der Waals surface area (Å²) < 4.78 is 5.23. The predicted octanol–water partition coefficient (Wildman–Crippen LogP) is 3.41. The number of hydrogen-bond acceptors (Lipinski definition) is 5. The first-order valence-corrected chi connectivity index (χ1v) is 11.3. The Labute approximate surface area is 193 Å². The van der Waals surface area contributed by atoms with Crippen LogP contribution >= 0.6 is 11.6 Å². The number of nitrogens with one attached hydrogen (secondary N) is 3. The minimum absolute atomic E-state index is 0.235. The number of hydrogen-bond donors (Lipinski definition) is 4. The first-order chi connectivity index (χ1) is 15.2. The highest BCUT2D eigenvalue weighted by atomic mass is 35.5. The molecule has 32 heavy (non-hydrogen) atoms. The van der Waals surface area contributed by atoms with E-state index in [1.165, 1.54) is 24.9 Å². The van der Waals surface area contributed by atoms with E-state index in [9.17, 15) is 14.4 Å². The fourth-order valence-electron chi connectivity index (χ4n) is 3.90. The molecule has 0 heterocycles. The Bertz CT molecular complexity index is 799. The molecule has 0 bridgehead atoms. The maximum absolute atomic E-state index is 13.3. The molecule has 0 aliphatic heterocycles. The second kappa shape index (κ2) is 12.5. The first-order valence-electron chi connectivity index (χ1n) is 10.9. The molecule has 1 aromatic carbocycles. The van der Waals surface area contributed by atoms with Crippen molar-refractivity contribution >= 4 is 35.1 Å². The van der Waals surface area contributed by atoms with Crippen molar-refractivity contribution in [1.29, 1.82) is 0 Å². The highest BCUT2D eigenvalue weighted by Gasteiger charge is 2.30. The summed E-state index contributed by atoms with van der Waals surface area (Å²) in [4.78, 5) is 39.1. The number of carbonyl (C=O) groups excluding carboxylic acids is 3. The molecule has 178 valence electrons. The van der Waals surface area contributed by atoms with Crippen LogP contribution in [0, 0.1) is 11.8 Å². The van der Waals surface area contributed by atoms with Gasteiger partial charge in [0.1, 0.15) is 18.3 Å². The van der Waals surface area contributed by atoms with Crippen LogP contribution in [0.15, 0.2) is 18.2 Å². The fraction of sp³-hybridized carbons (Fsp3) is 0.591. The van der Waals surface area contributed by atoms with Gasteiger partial charge in [0.2, 0.25) is 5.91 Å². The number of benzene rings is 1. The molecule has 1 fully saturated rings. The minimum atomic E-state index is -0.866. The van der Waals surface area contributed by atoms with E-state index in [-0.39, 0.29) is 18.4 Å².